The van der Waals surface area contributed by atoms with Gasteiger partial charge in [0.1, 0.15) is 0 Å². The van der Waals surface area contributed by atoms with Gasteiger partial charge in [-0.25, -0.2) is 23.0 Å². The maximum atomic E-state index is 11.9. The van der Waals surface area contributed by atoms with E-state index < -0.39 is 40.0 Å². The van der Waals surface area contributed by atoms with E-state index in [1.54, 1.807) is 30.3 Å². The standard InChI is InChI=1S/C13H14N2O8S.Na/c1-22-13(18)10-9(12(17)15(10)24(19,20)21)11(16)14-23-7-8-5-3-2-4-6-8;/h2-6,9-10H,7H2,1H3,(H,14,16)(H,19,20,21);/q;+1/p-1. The molecule has 0 saturated carbocycles. The molecule has 1 aliphatic rings. The zero-order chi connectivity index (χ0) is 17.9. The molecule has 1 heterocycles. The number of hydrogen-bond donors (Lipinski definition) is 1. The number of hydrogen-bond acceptors (Lipinski definition) is 8. The summed E-state index contributed by atoms with van der Waals surface area (Å²) >= 11 is 0. The topological polar surface area (TPSA) is 142 Å². The molecule has 1 aromatic carbocycles. The quantitative estimate of drug-likeness (QED) is 0.130. The SMILES string of the molecule is COC(=O)C1C(C(=O)NOCc2ccccc2)C(=O)N1S(=O)(=O)[O-].[Na+]. The van der Waals surface area contributed by atoms with E-state index in [-0.39, 0.29) is 40.5 Å². The van der Waals surface area contributed by atoms with Crippen molar-refractivity contribution in [3.8, 4) is 0 Å². The summed E-state index contributed by atoms with van der Waals surface area (Å²) in [6.07, 6.45) is 0. The van der Waals surface area contributed by atoms with Crippen LogP contribution in [0.25, 0.3) is 0 Å². The fourth-order valence-corrected chi connectivity index (χ4v) is 2.97. The van der Waals surface area contributed by atoms with Gasteiger partial charge in [0.05, 0.1) is 13.7 Å². The third kappa shape index (κ3) is 4.77. The normalized spacial score (nSPS) is 19.4. The van der Waals surface area contributed by atoms with Crippen LogP contribution in [0.3, 0.4) is 0 Å². The number of hydroxylamine groups is 1. The molecular weight excluding hydrogens is 367 g/mol. The first-order valence-electron chi connectivity index (χ1n) is 6.60. The predicted octanol–water partition coefficient (Wildman–Crippen LogP) is -4.30. The summed E-state index contributed by atoms with van der Waals surface area (Å²) in [5, 5.41) is 0. The Kier molecular flexibility index (Phi) is 7.53. The molecule has 0 bridgehead atoms. The number of nitrogens with zero attached hydrogens (tertiary/aromatic N) is 1. The van der Waals surface area contributed by atoms with Crippen LogP contribution in [0.15, 0.2) is 30.3 Å². The summed E-state index contributed by atoms with van der Waals surface area (Å²) in [6, 6.07) is 6.90. The third-order valence-corrected chi connectivity index (χ3v) is 4.16. The van der Waals surface area contributed by atoms with Crippen LogP contribution in [0.2, 0.25) is 0 Å². The first-order chi connectivity index (χ1) is 11.3. The molecule has 1 aromatic rings. The van der Waals surface area contributed by atoms with Crippen molar-refractivity contribution in [3.05, 3.63) is 35.9 Å². The smallest absolute Gasteiger partial charge is 0.731 e. The molecule has 0 aliphatic carbocycles. The molecule has 1 aliphatic heterocycles. The van der Waals surface area contributed by atoms with Crippen molar-refractivity contribution < 1.29 is 66.5 Å². The van der Waals surface area contributed by atoms with E-state index in [1.165, 1.54) is 0 Å². The van der Waals surface area contributed by atoms with Gasteiger partial charge < -0.3 is 9.29 Å². The Hall–Kier alpha value is -1.50. The zero-order valence-electron chi connectivity index (χ0n) is 13.4. The van der Waals surface area contributed by atoms with E-state index in [1.807, 2.05) is 5.48 Å². The Morgan fingerprint density at radius 2 is 1.88 bits per heavy atom. The van der Waals surface area contributed by atoms with Crippen LogP contribution in [-0.2, 0) is 40.9 Å². The van der Waals surface area contributed by atoms with Crippen molar-refractivity contribution in [2.75, 3.05) is 7.11 Å². The van der Waals surface area contributed by atoms with Crippen molar-refractivity contribution in [2.45, 2.75) is 12.6 Å². The minimum absolute atomic E-state index is 0. The van der Waals surface area contributed by atoms with Gasteiger partial charge in [-0.15, -0.1) is 0 Å². The first-order valence-corrected chi connectivity index (χ1v) is 7.96. The first kappa shape index (κ1) is 21.5. The van der Waals surface area contributed by atoms with E-state index in [9.17, 15) is 27.4 Å². The molecule has 2 amide bonds. The Labute approximate surface area is 165 Å². The number of β-lactam (4-membered cyclic amide) rings is 1. The predicted molar refractivity (Wildman–Crippen MR) is 75.2 cm³/mol. The number of ether oxygens (including phenoxy) is 1. The number of carbonyl (C=O) groups is 3. The number of carbonyl (C=O) groups excluding carboxylic acids is 3. The number of benzene rings is 1. The fourth-order valence-electron chi connectivity index (χ4n) is 2.15. The van der Waals surface area contributed by atoms with Crippen molar-refractivity contribution in [1.82, 2.24) is 9.79 Å². The molecule has 2 unspecified atom stereocenters. The number of methoxy groups -OCH3 is 1. The number of nitrogens with one attached hydrogen (secondary N) is 1. The van der Waals surface area contributed by atoms with Crippen molar-refractivity contribution >= 4 is 28.1 Å². The maximum absolute atomic E-state index is 11.9. The summed E-state index contributed by atoms with van der Waals surface area (Å²) in [5.74, 6) is -5.28. The van der Waals surface area contributed by atoms with Crippen LogP contribution >= 0.6 is 0 Å². The van der Waals surface area contributed by atoms with Crippen LogP contribution in [0.5, 0.6) is 0 Å². The van der Waals surface area contributed by atoms with E-state index in [2.05, 4.69) is 4.74 Å². The average Bonchev–Trinajstić information content (AvgIpc) is 2.51. The van der Waals surface area contributed by atoms with Crippen LogP contribution < -0.4 is 35.0 Å². The minimum atomic E-state index is -5.24. The van der Waals surface area contributed by atoms with Gasteiger partial charge in [-0.3, -0.25) is 14.4 Å². The Bertz CT molecular complexity index is 755. The Morgan fingerprint density at radius 3 is 2.40 bits per heavy atom. The van der Waals surface area contributed by atoms with Gasteiger partial charge >= 0.3 is 35.5 Å². The number of amides is 2. The van der Waals surface area contributed by atoms with Crippen LogP contribution in [0.1, 0.15) is 5.56 Å². The van der Waals surface area contributed by atoms with Crippen molar-refractivity contribution in [1.29, 1.82) is 0 Å². The van der Waals surface area contributed by atoms with E-state index in [4.69, 9.17) is 4.84 Å². The van der Waals surface area contributed by atoms with Gasteiger partial charge in [-0.05, 0) is 5.56 Å². The molecule has 0 aromatic heterocycles. The summed E-state index contributed by atoms with van der Waals surface area (Å²) in [5.41, 5.74) is 2.68. The van der Waals surface area contributed by atoms with Gasteiger partial charge in [0.25, 0.3) is 11.8 Å². The molecule has 1 N–H and O–H groups in total. The van der Waals surface area contributed by atoms with Gasteiger partial charge in [0.2, 0.25) is 0 Å². The van der Waals surface area contributed by atoms with Crippen LogP contribution in [0.4, 0.5) is 0 Å². The van der Waals surface area contributed by atoms with Crippen molar-refractivity contribution in [2.24, 2.45) is 5.92 Å². The molecule has 1 fully saturated rings. The molecular formula is C13H13N2NaO8S. The van der Waals surface area contributed by atoms with Crippen LogP contribution in [0, 0.1) is 5.92 Å². The summed E-state index contributed by atoms with van der Waals surface area (Å²) < 4.78 is 37.1. The Morgan fingerprint density at radius 1 is 1.28 bits per heavy atom. The summed E-state index contributed by atoms with van der Waals surface area (Å²) in [6.45, 7) is -0.0139. The molecule has 25 heavy (non-hydrogen) atoms. The molecule has 10 nitrogen and oxygen atoms in total. The monoisotopic (exact) mass is 380 g/mol. The number of rotatable bonds is 6. The second kappa shape index (κ2) is 8.74. The van der Waals surface area contributed by atoms with E-state index >= 15 is 0 Å². The molecule has 2 atom stereocenters. The second-order valence-corrected chi connectivity index (χ2v) is 6.03. The molecule has 12 heteroatoms. The Balaban J connectivity index is 0.00000312. The van der Waals surface area contributed by atoms with Gasteiger partial charge in [-0.2, -0.15) is 0 Å². The maximum Gasteiger partial charge on any atom is 1.00 e. The zero-order valence-corrected chi connectivity index (χ0v) is 16.2. The molecule has 1 saturated heterocycles. The molecule has 0 spiro atoms. The molecule has 0 radical (unpaired) electrons. The number of esters is 1. The molecule has 2 rings (SSSR count). The third-order valence-electron chi connectivity index (χ3n) is 3.27. The van der Waals surface area contributed by atoms with E-state index in [0.29, 0.717) is 0 Å². The van der Waals surface area contributed by atoms with Crippen molar-refractivity contribution in [3.63, 3.8) is 0 Å². The summed E-state index contributed by atoms with van der Waals surface area (Å²) in [7, 11) is -4.31. The minimum Gasteiger partial charge on any atom is -0.731 e. The van der Waals surface area contributed by atoms with Gasteiger partial charge in [0, 0.05) is 0 Å². The second-order valence-electron chi connectivity index (χ2n) is 4.78. The van der Waals surface area contributed by atoms with Crippen LogP contribution in [-0.4, -0.2) is 48.2 Å². The van der Waals surface area contributed by atoms with Gasteiger partial charge in [0.15, 0.2) is 22.3 Å². The largest absolute Gasteiger partial charge is 1.00 e. The average molecular weight is 380 g/mol. The van der Waals surface area contributed by atoms with E-state index in [0.717, 1.165) is 12.7 Å². The van der Waals surface area contributed by atoms with Gasteiger partial charge in [-0.1, -0.05) is 30.3 Å². The molecule has 130 valence electrons. The fraction of sp³-hybridized carbons (Fsp3) is 0.308. The summed E-state index contributed by atoms with van der Waals surface area (Å²) in [4.78, 5) is 40.2.